The van der Waals surface area contributed by atoms with Crippen molar-refractivity contribution in [1.82, 2.24) is 0 Å². The highest BCUT2D eigenvalue weighted by molar-refractivity contribution is 7.80. The largest absolute Gasteiger partial charge is 0.366 e. The Morgan fingerprint density at radius 2 is 1.91 bits per heavy atom. The van der Waals surface area contributed by atoms with Crippen LogP contribution in [-0.2, 0) is 0 Å². The maximum absolute atomic E-state index is 10.6. The van der Waals surface area contributed by atoms with E-state index in [1.807, 2.05) is 0 Å². The van der Waals surface area contributed by atoms with Crippen molar-refractivity contribution in [3.63, 3.8) is 0 Å². The number of hydrogen-bond donors (Lipinski definition) is 2. The standard InChI is InChI=1S/C7H7NOS.ClH/c8-7(9)5-3-1-2-4-6(5)10;/h1-4,10H,(H2,8,9);1H. The number of amides is 1. The molecule has 1 aromatic carbocycles. The van der Waals surface area contributed by atoms with Gasteiger partial charge >= 0.3 is 0 Å². The maximum Gasteiger partial charge on any atom is 0.249 e. The lowest BCUT2D eigenvalue weighted by Crippen LogP contribution is -2.11. The third-order valence-electron chi connectivity index (χ3n) is 1.17. The minimum Gasteiger partial charge on any atom is -0.366 e. The van der Waals surface area contributed by atoms with Gasteiger partial charge in [-0.3, -0.25) is 4.79 Å². The van der Waals surface area contributed by atoms with E-state index in [2.05, 4.69) is 12.6 Å². The van der Waals surface area contributed by atoms with Gasteiger partial charge in [0.25, 0.3) is 0 Å². The molecule has 0 aliphatic carbocycles. The second kappa shape index (κ2) is 4.26. The molecule has 0 radical (unpaired) electrons. The van der Waals surface area contributed by atoms with E-state index < -0.39 is 5.91 Å². The zero-order valence-electron chi connectivity index (χ0n) is 5.65. The van der Waals surface area contributed by atoms with Crippen LogP contribution < -0.4 is 5.73 Å². The first kappa shape index (κ1) is 10.3. The number of halogens is 1. The topological polar surface area (TPSA) is 43.1 Å². The second-order valence-electron chi connectivity index (χ2n) is 1.88. The number of nitrogens with two attached hydrogens (primary N) is 1. The zero-order chi connectivity index (χ0) is 7.56. The van der Waals surface area contributed by atoms with Gasteiger partial charge in [0.2, 0.25) is 5.91 Å². The number of carbonyl (C=O) groups is 1. The van der Waals surface area contributed by atoms with Gasteiger partial charge in [0, 0.05) is 4.90 Å². The van der Waals surface area contributed by atoms with E-state index in [1.165, 1.54) is 0 Å². The average Bonchev–Trinajstić information content (AvgIpc) is 1.88. The molecule has 2 nitrogen and oxygen atoms in total. The summed E-state index contributed by atoms with van der Waals surface area (Å²) in [6, 6.07) is 6.92. The Morgan fingerprint density at radius 3 is 2.27 bits per heavy atom. The molecule has 0 aromatic heterocycles. The third-order valence-corrected chi connectivity index (χ3v) is 1.56. The average molecular weight is 190 g/mol. The molecule has 0 heterocycles. The molecule has 60 valence electrons. The molecule has 0 fully saturated rings. The Morgan fingerprint density at radius 1 is 1.36 bits per heavy atom. The molecule has 2 N–H and O–H groups in total. The molecule has 0 unspecified atom stereocenters. The van der Waals surface area contributed by atoms with Gasteiger partial charge < -0.3 is 5.73 Å². The highest BCUT2D eigenvalue weighted by Crippen LogP contribution is 2.10. The van der Waals surface area contributed by atoms with Crippen LogP contribution in [-0.4, -0.2) is 5.91 Å². The van der Waals surface area contributed by atoms with Gasteiger partial charge in [0.15, 0.2) is 0 Å². The molecule has 0 aliphatic rings. The summed E-state index contributed by atoms with van der Waals surface area (Å²) >= 11 is 4.04. The smallest absolute Gasteiger partial charge is 0.249 e. The van der Waals surface area contributed by atoms with Crippen molar-refractivity contribution >= 4 is 30.9 Å². The number of rotatable bonds is 1. The van der Waals surface area contributed by atoms with E-state index >= 15 is 0 Å². The van der Waals surface area contributed by atoms with Crippen molar-refractivity contribution in [2.24, 2.45) is 5.73 Å². The van der Waals surface area contributed by atoms with Crippen molar-refractivity contribution < 1.29 is 4.79 Å². The summed E-state index contributed by atoms with van der Waals surface area (Å²) in [7, 11) is 0. The molecule has 0 spiro atoms. The van der Waals surface area contributed by atoms with E-state index in [-0.39, 0.29) is 12.4 Å². The summed E-state index contributed by atoms with van der Waals surface area (Å²) in [5.41, 5.74) is 5.49. The first-order valence-electron chi connectivity index (χ1n) is 2.79. The lowest BCUT2D eigenvalue weighted by molar-refractivity contribution is 0.0997. The van der Waals surface area contributed by atoms with Crippen LogP contribution >= 0.6 is 25.0 Å². The Balaban J connectivity index is 0.000001000. The predicted molar refractivity (Wildman–Crippen MR) is 49.5 cm³/mol. The van der Waals surface area contributed by atoms with Gasteiger partial charge in [-0.2, -0.15) is 0 Å². The van der Waals surface area contributed by atoms with Gasteiger partial charge in [-0.15, -0.1) is 25.0 Å². The molecule has 0 saturated heterocycles. The summed E-state index contributed by atoms with van der Waals surface area (Å²) < 4.78 is 0. The fraction of sp³-hybridized carbons (Fsp3) is 0. The molecule has 4 heteroatoms. The molecule has 1 amide bonds. The van der Waals surface area contributed by atoms with Gasteiger partial charge in [0.05, 0.1) is 5.56 Å². The Hall–Kier alpha value is -0.670. The number of benzene rings is 1. The Labute approximate surface area is 76.6 Å². The Kier molecular flexibility index (Phi) is 4.00. The summed E-state index contributed by atoms with van der Waals surface area (Å²) in [5.74, 6) is -0.439. The van der Waals surface area contributed by atoms with Crippen molar-refractivity contribution in [2.75, 3.05) is 0 Å². The number of hydrogen-bond acceptors (Lipinski definition) is 2. The highest BCUT2D eigenvalue weighted by atomic mass is 35.5. The summed E-state index contributed by atoms with van der Waals surface area (Å²) in [6.07, 6.45) is 0. The van der Waals surface area contributed by atoms with Crippen LogP contribution in [0.25, 0.3) is 0 Å². The number of carbonyl (C=O) groups excluding carboxylic acids is 1. The lowest BCUT2D eigenvalue weighted by atomic mass is 10.2. The van der Waals surface area contributed by atoms with Crippen molar-refractivity contribution in [3.05, 3.63) is 29.8 Å². The van der Waals surface area contributed by atoms with Crippen LogP contribution in [0.4, 0.5) is 0 Å². The number of thiol groups is 1. The summed E-state index contributed by atoms with van der Waals surface area (Å²) in [6.45, 7) is 0. The van der Waals surface area contributed by atoms with Crippen LogP contribution in [0.3, 0.4) is 0 Å². The van der Waals surface area contributed by atoms with E-state index in [0.29, 0.717) is 10.5 Å². The van der Waals surface area contributed by atoms with E-state index in [1.54, 1.807) is 24.3 Å². The zero-order valence-corrected chi connectivity index (χ0v) is 7.36. The molecule has 0 aliphatic heterocycles. The van der Waals surface area contributed by atoms with Crippen molar-refractivity contribution in [1.29, 1.82) is 0 Å². The molecule has 11 heavy (non-hydrogen) atoms. The molecule has 0 bridgehead atoms. The fourth-order valence-corrected chi connectivity index (χ4v) is 0.953. The summed E-state index contributed by atoms with van der Waals surface area (Å²) in [4.78, 5) is 11.2. The predicted octanol–water partition coefficient (Wildman–Crippen LogP) is 1.50. The molecular weight excluding hydrogens is 182 g/mol. The maximum atomic E-state index is 10.6. The summed E-state index contributed by atoms with van der Waals surface area (Å²) in [5, 5.41) is 0. The van der Waals surface area contributed by atoms with Crippen LogP contribution in [0, 0.1) is 0 Å². The normalized spacial score (nSPS) is 8.45. The highest BCUT2D eigenvalue weighted by Gasteiger charge is 2.01. The van der Waals surface area contributed by atoms with Crippen LogP contribution in [0.2, 0.25) is 0 Å². The minimum absolute atomic E-state index is 0. The van der Waals surface area contributed by atoms with Gasteiger partial charge in [0.1, 0.15) is 0 Å². The first-order valence-corrected chi connectivity index (χ1v) is 3.24. The molecule has 0 atom stereocenters. The molecule has 0 saturated carbocycles. The van der Waals surface area contributed by atoms with Gasteiger partial charge in [-0.25, -0.2) is 0 Å². The molecular formula is C7H8ClNOS. The molecule has 1 rings (SSSR count). The first-order chi connectivity index (χ1) is 4.72. The van der Waals surface area contributed by atoms with Crippen LogP contribution in [0.1, 0.15) is 10.4 Å². The van der Waals surface area contributed by atoms with Crippen LogP contribution in [0.5, 0.6) is 0 Å². The fourth-order valence-electron chi connectivity index (χ4n) is 0.682. The monoisotopic (exact) mass is 189 g/mol. The van der Waals surface area contributed by atoms with Crippen LogP contribution in [0.15, 0.2) is 29.2 Å². The minimum atomic E-state index is -0.439. The van der Waals surface area contributed by atoms with E-state index in [4.69, 9.17) is 5.73 Å². The SMILES string of the molecule is Cl.NC(=O)c1ccccc1S. The van der Waals surface area contributed by atoms with E-state index in [9.17, 15) is 4.79 Å². The van der Waals surface area contributed by atoms with Crippen molar-refractivity contribution in [2.45, 2.75) is 4.90 Å². The van der Waals surface area contributed by atoms with Gasteiger partial charge in [-0.05, 0) is 12.1 Å². The van der Waals surface area contributed by atoms with Crippen molar-refractivity contribution in [3.8, 4) is 0 Å². The molecule has 1 aromatic rings. The lowest BCUT2D eigenvalue weighted by Gasteiger charge is -1.96. The quantitative estimate of drug-likeness (QED) is 0.646. The third kappa shape index (κ3) is 2.44. The Bertz CT molecular complexity index is 264. The second-order valence-corrected chi connectivity index (χ2v) is 2.36. The van der Waals surface area contributed by atoms with E-state index in [0.717, 1.165) is 0 Å². The number of primary amides is 1. The van der Waals surface area contributed by atoms with Gasteiger partial charge in [-0.1, -0.05) is 12.1 Å².